The van der Waals surface area contributed by atoms with Crippen molar-refractivity contribution in [3.05, 3.63) is 41.6 Å². The van der Waals surface area contributed by atoms with Crippen LogP contribution in [0.15, 0.2) is 35.5 Å². The molecule has 0 aliphatic heterocycles. The van der Waals surface area contributed by atoms with Crippen LogP contribution in [0.1, 0.15) is 84.9 Å². The van der Waals surface area contributed by atoms with Gasteiger partial charge in [0, 0.05) is 11.3 Å². The number of aromatic nitrogens is 2. The fraction of sp³-hybridized carbons (Fsp3) is 0.607. The molecule has 8 heteroatoms. The van der Waals surface area contributed by atoms with Crippen molar-refractivity contribution in [2.45, 2.75) is 86.1 Å². The normalized spacial score (nSPS) is 31.4. The first-order valence-electron chi connectivity index (χ1n) is 13.4. The molecule has 1 heterocycles. The first-order chi connectivity index (χ1) is 17.4. The molecule has 5 saturated carbocycles. The van der Waals surface area contributed by atoms with E-state index < -0.39 is 5.60 Å². The van der Waals surface area contributed by atoms with E-state index in [1.165, 1.54) is 26.4 Å². The van der Waals surface area contributed by atoms with Crippen LogP contribution >= 0.6 is 11.8 Å². The van der Waals surface area contributed by atoms with E-state index in [0.29, 0.717) is 34.1 Å². The van der Waals surface area contributed by atoms with Gasteiger partial charge in [-0.25, -0.2) is 9.48 Å². The lowest BCUT2D eigenvalue weighted by Crippen LogP contribution is -2.61. The number of aliphatic hydroxyl groups is 1. The Morgan fingerprint density at radius 2 is 1.78 bits per heavy atom. The molecule has 7 nitrogen and oxygen atoms in total. The fourth-order valence-electron chi connectivity index (χ4n) is 7.43. The summed E-state index contributed by atoms with van der Waals surface area (Å²) in [7, 11) is 1.37. The van der Waals surface area contributed by atoms with E-state index in [1.54, 1.807) is 30.1 Å². The lowest BCUT2D eigenvalue weighted by Gasteiger charge is -2.58. The van der Waals surface area contributed by atoms with Gasteiger partial charge >= 0.3 is 5.97 Å². The van der Waals surface area contributed by atoms with Gasteiger partial charge in [0.25, 0.3) is 5.91 Å². The molecular weight excluding hydrogens is 474 g/mol. The Balaban J connectivity index is 1.27. The highest BCUT2D eigenvalue weighted by atomic mass is 32.2. The lowest BCUT2D eigenvalue weighted by atomic mass is 9.52. The van der Waals surface area contributed by atoms with Crippen molar-refractivity contribution >= 4 is 23.6 Å². The minimum atomic E-state index is -0.513. The Morgan fingerprint density at radius 1 is 1.08 bits per heavy atom. The average molecular weight is 510 g/mol. The molecule has 1 amide bonds. The maximum absolute atomic E-state index is 13.7. The Morgan fingerprint density at radius 3 is 2.42 bits per heavy atom. The van der Waals surface area contributed by atoms with Gasteiger partial charge < -0.3 is 15.2 Å². The van der Waals surface area contributed by atoms with Crippen LogP contribution in [0.2, 0.25) is 0 Å². The Labute approximate surface area is 216 Å². The number of benzene rings is 1. The van der Waals surface area contributed by atoms with E-state index in [4.69, 9.17) is 4.74 Å². The van der Waals surface area contributed by atoms with Gasteiger partial charge in [-0.05, 0) is 87.0 Å². The molecular formula is C28H35N3O4S. The van der Waals surface area contributed by atoms with Crippen molar-refractivity contribution < 1.29 is 19.4 Å². The fourth-order valence-corrected chi connectivity index (χ4v) is 8.84. The number of rotatable bonds is 6. The van der Waals surface area contributed by atoms with E-state index in [9.17, 15) is 14.7 Å². The minimum absolute atomic E-state index is 0.0600. The highest BCUT2D eigenvalue weighted by Crippen LogP contribution is 2.55. The number of amides is 1. The van der Waals surface area contributed by atoms with Gasteiger partial charge in [0.1, 0.15) is 5.03 Å². The molecule has 36 heavy (non-hydrogen) atoms. The van der Waals surface area contributed by atoms with Crippen LogP contribution in [0.25, 0.3) is 5.69 Å². The van der Waals surface area contributed by atoms with E-state index in [-0.39, 0.29) is 17.9 Å². The van der Waals surface area contributed by atoms with Crippen LogP contribution in [0, 0.1) is 17.8 Å². The van der Waals surface area contributed by atoms with Gasteiger partial charge in [-0.2, -0.15) is 5.10 Å². The van der Waals surface area contributed by atoms with Crippen molar-refractivity contribution in [1.82, 2.24) is 15.1 Å². The second-order valence-electron chi connectivity index (χ2n) is 11.4. The van der Waals surface area contributed by atoms with E-state index in [2.05, 4.69) is 10.4 Å². The SMILES string of the molecule is COC(=O)c1ccc(-n2ncc(C(=O)N[C@H]3C4CC5CC3C[C@@](O)(C5)C4)c2SC2CCCCC2)cc1. The second-order valence-corrected chi connectivity index (χ2v) is 12.7. The predicted octanol–water partition coefficient (Wildman–Crippen LogP) is 4.75. The Bertz CT molecular complexity index is 1120. The minimum Gasteiger partial charge on any atom is -0.465 e. The smallest absolute Gasteiger partial charge is 0.337 e. The molecule has 2 unspecified atom stereocenters. The number of esters is 1. The van der Waals surface area contributed by atoms with Crippen LogP contribution in [-0.2, 0) is 4.74 Å². The van der Waals surface area contributed by atoms with Crippen LogP contribution < -0.4 is 5.32 Å². The molecule has 5 aliphatic carbocycles. The average Bonchev–Trinajstić information content (AvgIpc) is 3.29. The van der Waals surface area contributed by atoms with Crippen molar-refractivity contribution in [2.24, 2.45) is 17.8 Å². The van der Waals surface area contributed by atoms with Crippen LogP contribution in [0.5, 0.6) is 0 Å². The molecule has 0 saturated heterocycles. The summed E-state index contributed by atoms with van der Waals surface area (Å²) in [6.07, 6.45) is 12.5. The number of hydrogen-bond acceptors (Lipinski definition) is 6. The van der Waals surface area contributed by atoms with Gasteiger partial charge in [-0.3, -0.25) is 4.79 Å². The molecule has 7 rings (SSSR count). The number of carbonyl (C=O) groups is 2. The molecule has 2 atom stereocenters. The number of nitrogens with zero attached hydrogens (tertiary/aromatic N) is 2. The third-order valence-electron chi connectivity index (χ3n) is 8.87. The number of thioether (sulfide) groups is 1. The number of ether oxygens (including phenoxy) is 1. The van der Waals surface area contributed by atoms with Crippen molar-refractivity contribution in [3.63, 3.8) is 0 Å². The van der Waals surface area contributed by atoms with E-state index in [1.807, 2.05) is 16.8 Å². The molecule has 4 bridgehead atoms. The first-order valence-corrected chi connectivity index (χ1v) is 14.3. The summed E-state index contributed by atoms with van der Waals surface area (Å²) in [4.78, 5) is 25.6. The number of methoxy groups -OCH3 is 1. The Hall–Kier alpha value is -2.32. The zero-order chi connectivity index (χ0) is 24.9. The second kappa shape index (κ2) is 9.53. The van der Waals surface area contributed by atoms with Crippen LogP contribution in [-0.4, -0.2) is 50.8 Å². The summed E-state index contributed by atoms with van der Waals surface area (Å²) in [5, 5.41) is 20.3. The summed E-state index contributed by atoms with van der Waals surface area (Å²) in [6.45, 7) is 0. The predicted molar refractivity (Wildman–Crippen MR) is 137 cm³/mol. The number of hydrogen-bond donors (Lipinski definition) is 2. The van der Waals surface area contributed by atoms with Crippen LogP contribution in [0.3, 0.4) is 0 Å². The number of nitrogens with one attached hydrogen (secondary N) is 1. The molecule has 2 N–H and O–H groups in total. The monoisotopic (exact) mass is 509 g/mol. The zero-order valence-corrected chi connectivity index (χ0v) is 21.6. The molecule has 0 radical (unpaired) electrons. The molecule has 0 spiro atoms. The topological polar surface area (TPSA) is 93.5 Å². The summed E-state index contributed by atoms with van der Waals surface area (Å²) < 4.78 is 6.67. The summed E-state index contributed by atoms with van der Waals surface area (Å²) >= 11 is 1.76. The molecule has 5 aliphatic rings. The van der Waals surface area contributed by atoms with Gasteiger partial charge in [0.2, 0.25) is 0 Å². The van der Waals surface area contributed by atoms with Crippen molar-refractivity contribution in [3.8, 4) is 5.69 Å². The van der Waals surface area contributed by atoms with E-state index >= 15 is 0 Å². The quantitative estimate of drug-likeness (QED) is 0.546. The maximum Gasteiger partial charge on any atom is 0.337 e. The highest BCUT2D eigenvalue weighted by Gasteiger charge is 2.55. The highest BCUT2D eigenvalue weighted by molar-refractivity contribution is 8.00. The largest absolute Gasteiger partial charge is 0.465 e. The summed E-state index contributed by atoms with van der Waals surface area (Å²) in [5.74, 6) is 0.893. The third kappa shape index (κ3) is 4.47. The number of carbonyl (C=O) groups excluding carboxylic acids is 2. The molecule has 192 valence electrons. The van der Waals surface area contributed by atoms with Gasteiger partial charge in [0.15, 0.2) is 0 Å². The molecule has 1 aromatic heterocycles. The molecule has 1 aromatic carbocycles. The lowest BCUT2D eigenvalue weighted by molar-refractivity contribution is -0.136. The Kier molecular flexibility index (Phi) is 6.36. The van der Waals surface area contributed by atoms with E-state index in [0.717, 1.165) is 55.7 Å². The van der Waals surface area contributed by atoms with Crippen molar-refractivity contribution in [2.75, 3.05) is 7.11 Å². The zero-order valence-electron chi connectivity index (χ0n) is 20.8. The third-order valence-corrected chi connectivity index (χ3v) is 10.3. The molecule has 2 aromatic rings. The maximum atomic E-state index is 13.7. The molecule has 5 fully saturated rings. The van der Waals surface area contributed by atoms with Crippen LogP contribution in [0.4, 0.5) is 0 Å². The standard InChI is InChI=1S/C28H35N3O4S/c1-35-27(33)18-7-9-21(10-8-18)31-26(36-22-5-3-2-4-6-22)23(16-29-31)25(32)30-24-19-11-17-12-20(24)15-28(34,13-17)14-19/h7-10,16-17,19-20,22,24,34H,2-6,11-15H2,1H3,(H,30,32)/t17?,19?,20?,24-,28+. The summed E-state index contributed by atoms with van der Waals surface area (Å²) in [5.41, 5.74) is 1.41. The van der Waals surface area contributed by atoms with Gasteiger partial charge in [-0.1, -0.05) is 19.3 Å². The van der Waals surface area contributed by atoms with Gasteiger partial charge in [-0.15, -0.1) is 11.8 Å². The first kappa shape index (κ1) is 24.0. The van der Waals surface area contributed by atoms with Crippen molar-refractivity contribution in [1.29, 1.82) is 0 Å². The van der Waals surface area contributed by atoms with Gasteiger partial charge in [0.05, 0.1) is 35.7 Å². The summed E-state index contributed by atoms with van der Waals surface area (Å²) in [6, 6.07) is 7.30.